The lowest BCUT2D eigenvalue weighted by atomic mass is 9.75. The van der Waals surface area contributed by atoms with Crippen molar-refractivity contribution in [2.24, 2.45) is 5.41 Å². The third kappa shape index (κ3) is 1.90. The number of fused-ring (bicyclic) bond motifs is 3. The molecule has 0 radical (unpaired) electrons. The Labute approximate surface area is 111 Å². The molecule has 1 fully saturated rings. The summed E-state index contributed by atoms with van der Waals surface area (Å²) in [4.78, 5) is 2.68. The van der Waals surface area contributed by atoms with Crippen LogP contribution in [0.1, 0.15) is 43.9 Å². The van der Waals surface area contributed by atoms with E-state index < -0.39 is 0 Å². The second-order valence-corrected chi connectivity index (χ2v) is 5.66. The van der Waals surface area contributed by atoms with Crippen molar-refractivity contribution in [1.29, 1.82) is 0 Å². The van der Waals surface area contributed by atoms with Gasteiger partial charge in [-0.15, -0.1) is 12.4 Å². The van der Waals surface area contributed by atoms with Gasteiger partial charge in [0.1, 0.15) is 0 Å². The summed E-state index contributed by atoms with van der Waals surface area (Å²) in [6.07, 6.45) is 4.04. The molecule has 0 spiro atoms. The zero-order valence-electron chi connectivity index (χ0n) is 10.8. The van der Waals surface area contributed by atoms with E-state index in [0.717, 1.165) is 0 Å². The molecule has 0 bridgehead atoms. The van der Waals surface area contributed by atoms with Crippen molar-refractivity contribution in [3.05, 3.63) is 35.4 Å². The Morgan fingerprint density at radius 1 is 1.35 bits per heavy atom. The smallest absolute Gasteiger partial charge is 0.0407 e. The summed E-state index contributed by atoms with van der Waals surface area (Å²) in [7, 11) is 0. The molecule has 2 unspecified atom stereocenters. The molecule has 0 saturated carbocycles. The summed E-state index contributed by atoms with van der Waals surface area (Å²) in [5, 5.41) is 0. The topological polar surface area (TPSA) is 3.24 Å². The molecule has 0 N–H and O–H groups in total. The first-order valence-electron chi connectivity index (χ1n) is 6.56. The van der Waals surface area contributed by atoms with Gasteiger partial charge in [0.05, 0.1) is 0 Å². The fourth-order valence-electron chi connectivity index (χ4n) is 3.89. The van der Waals surface area contributed by atoms with Crippen molar-refractivity contribution < 1.29 is 0 Å². The van der Waals surface area contributed by atoms with Crippen molar-refractivity contribution in [1.82, 2.24) is 4.90 Å². The quantitative estimate of drug-likeness (QED) is 0.733. The highest BCUT2D eigenvalue weighted by atomic mass is 35.5. The maximum absolute atomic E-state index is 2.68. The van der Waals surface area contributed by atoms with Crippen molar-refractivity contribution in [2.45, 2.75) is 39.2 Å². The summed E-state index contributed by atoms with van der Waals surface area (Å²) in [6, 6.07) is 9.75. The number of hydrogen-bond acceptors (Lipinski definition) is 1. The second-order valence-electron chi connectivity index (χ2n) is 5.66. The Kier molecular flexibility index (Phi) is 3.51. The van der Waals surface area contributed by atoms with E-state index >= 15 is 0 Å². The standard InChI is InChI=1S/C15H21N.ClH/c1-3-16-10-6-9-15(2)11-12-7-4-5-8-13(12)14(15)16;/h4-5,7-8,14H,3,6,9-11H2,1-2H3;1H. The Hall–Kier alpha value is -0.530. The van der Waals surface area contributed by atoms with Gasteiger partial charge in [-0.25, -0.2) is 0 Å². The first-order valence-corrected chi connectivity index (χ1v) is 6.56. The van der Waals surface area contributed by atoms with Gasteiger partial charge in [0, 0.05) is 6.04 Å². The van der Waals surface area contributed by atoms with E-state index in [1.165, 1.54) is 32.4 Å². The molecule has 1 aromatic rings. The van der Waals surface area contributed by atoms with Crippen LogP contribution >= 0.6 is 12.4 Å². The molecular weight excluding hydrogens is 230 g/mol. The van der Waals surface area contributed by atoms with Crippen molar-refractivity contribution in [2.75, 3.05) is 13.1 Å². The van der Waals surface area contributed by atoms with Gasteiger partial charge in [-0.1, -0.05) is 38.1 Å². The largest absolute Gasteiger partial charge is 0.296 e. The number of hydrogen-bond donors (Lipinski definition) is 0. The lowest BCUT2D eigenvalue weighted by Crippen LogP contribution is -2.42. The highest BCUT2D eigenvalue weighted by Crippen LogP contribution is 2.53. The molecular formula is C15H22ClN. The fraction of sp³-hybridized carbons (Fsp3) is 0.600. The van der Waals surface area contributed by atoms with Gasteiger partial charge in [0.25, 0.3) is 0 Å². The Morgan fingerprint density at radius 2 is 2.12 bits per heavy atom. The minimum atomic E-state index is 0. The minimum Gasteiger partial charge on any atom is -0.296 e. The normalized spacial score (nSPS) is 31.5. The molecule has 1 aliphatic carbocycles. The van der Waals surface area contributed by atoms with Gasteiger partial charge in [-0.05, 0) is 48.9 Å². The Morgan fingerprint density at radius 3 is 2.88 bits per heavy atom. The lowest BCUT2D eigenvalue weighted by Gasteiger charge is -2.44. The van der Waals surface area contributed by atoms with Gasteiger partial charge in [0.15, 0.2) is 0 Å². The number of likely N-dealkylation sites (tertiary alicyclic amines) is 1. The number of nitrogens with zero attached hydrogens (tertiary/aromatic N) is 1. The van der Waals surface area contributed by atoms with E-state index in [9.17, 15) is 0 Å². The summed E-state index contributed by atoms with van der Waals surface area (Å²) < 4.78 is 0. The summed E-state index contributed by atoms with van der Waals surface area (Å²) >= 11 is 0. The maximum atomic E-state index is 2.68. The van der Waals surface area contributed by atoms with E-state index in [4.69, 9.17) is 0 Å². The molecule has 1 saturated heterocycles. The third-order valence-corrected chi connectivity index (χ3v) is 4.57. The Bertz CT molecular complexity index is 404. The monoisotopic (exact) mass is 251 g/mol. The molecule has 1 aliphatic heterocycles. The minimum absolute atomic E-state index is 0. The van der Waals surface area contributed by atoms with Crippen LogP contribution < -0.4 is 0 Å². The molecule has 1 aromatic carbocycles. The van der Waals surface area contributed by atoms with Crippen LogP contribution in [0.15, 0.2) is 24.3 Å². The maximum Gasteiger partial charge on any atom is 0.0407 e. The molecule has 0 aromatic heterocycles. The zero-order valence-corrected chi connectivity index (χ0v) is 11.6. The SMILES string of the molecule is CCN1CCCC2(C)Cc3ccccc3C12.Cl. The zero-order chi connectivity index (χ0) is 11.2. The first-order chi connectivity index (χ1) is 7.74. The van der Waals surface area contributed by atoms with Crippen LogP contribution in [0.3, 0.4) is 0 Å². The number of benzene rings is 1. The lowest BCUT2D eigenvalue weighted by molar-refractivity contribution is 0.0421. The van der Waals surface area contributed by atoms with Gasteiger partial charge in [-0.3, -0.25) is 4.90 Å². The van der Waals surface area contributed by atoms with Crippen molar-refractivity contribution in [3.8, 4) is 0 Å². The number of piperidine rings is 1. The van der Waals surface area contributed by atoms with Crippen LogP contribution in [0.25, 0.3) is 0 Å². The van der Waals surface area contributed by atoms with Crippen LogP contribution in [0.4, 0.5) is 0 Å². The second kappa shape index (κ2) is 4.62. The molecule has 1 heterocycles. The molecule has 94 valence electrons. The van der Waals surface area contributed by atoms with E-state index in [-0.39, 0.29) is 12.4 Å². The molecule has 2 aliphatic rings. The van der Waals surface area contributed by atoms with Crippen molar-refractivity contribution >= 4 is 12.4 Å². The highest BCUT2D eigenvalue weighted by molar-refractivity contribution is 5.85. The van der Waals surface area contributed by atoms with E-state index in [1.54, 1.807) is 11.1 Å². The van der Waals surface area contributed by atoms with Crippen molar-refractivity contribution in [3.63, 3.8) is 0 Å². The van der Waals surface area contributed by atoms with E-state index in [0.29, 0.717) is 11.5 Å². The molecule has 3 rings (SSSR count). The van der Waals surface area contributed by atoms with Crippen LogP contribution in [0, 0.1) is 5.41 Å². The van der Waals surface area contributed by atoms with Crippen LogP contribution in [-0.2, 0) is 6.42 Å². The van der Waals surface area contributed by atoms with E-state index in [2.05, 4.69) is 43.0 Å². The van der Waals surface area contributed by atoms with Gasteiger partial charge in [0.2, 0.25) is 0 Å². The van der Waals surface area contributed by atoms with Crippen LogP contribution in [0.2, 0.25) is 0 Å². The van der Waals surface area contributed by atoms with Gasteiger partial charge in [-0.2, -0.15) is 0 Å². The summed E-state index contributed by atoms with van der Waals surface area (Å²) in [5.74, 6) is 0. The number of rotatable bonds is 1. The first kappa shape index (κ1) is 12.9. The average Bonchev–Trinajstić information content (AvgIpc) is 2.60. The highest BCUT2D eigenvalue weighted by Gasteiger charge is 2.46. The predicted molar refractivity (Wildman–Crippen MR) is 74.7 cm³/mol. The predicted octanol–water partition coefficient (Wildman–Crippen LogP) is 3.83. The van der Waals surface area contributed by atoms with E-state index in [1.807, 2.05) is 0 Å². The summed E-state index contributed by atoms with van der Waals surface area (Å²) in [6.45, 7) is 7.26. The molecule has 2 heteroatoms. The Balaban J connectivity index is 0.00000108. The average molecular weight is 252 g/mol. The van der Waals surface area contributed by atoms with Gasteiger partial charge < -0.3 is 0 Å². The number of halogens is 1. The fourth-order valence-corrected chi connectivity index (χ4v) is 3.89. The van der Waals surface area contributed by atoms with Crippen LogP contribution in [-0.4, -0.2) is 18.0 Å². The molecule has 1 nitrogen and oxygen atoms in total. The summed E-state index contributed by atoms with van der Waals surface area (Å²) in [5.41, 5.74) is 3.69. The molecule has 17 heavy (non-hydrogen) atoms. The van der Waals surface area contributed by atoms with Crippen LogP contribution in [0.5, 0.6) is 0 Å². The third-order valence-electron chi connectivity index (χ3n) is 4.57. The molecule has 0 amide bonds. The molecule has 2 atom stereocenters. The van der Waals surface area contributed by atoms with Gasteiger partial charge >= 0.3 is 0 Å².